The third-order valence-electron chi connectivity index (χ3n) is 2.71. The molecule has 2 rings (SSSR count). The molecule has 0 saturated carbocycles. The van der Waals surface area contributed by atoms with Crippen LogP contribution >= 0.6 is 22.7 Å². The SMILES string of the molecule is CCNC(=NCc1ncc(C)s1)NC(C)c1cccs1. The Balaban J connectivity index is 1.98. The zero-order valence-electron chi connectivity index (χ0n) is 12.0. The first-order chi connectivity index (χ1) is 9.69. The number of guanidine groups is 1. The van der Waals surface area contributed by atoms with Crippen LogP contribution in [0.15, 0.2) is 28.7 Å². The lowest BCUT2D eigenvalue weighted by atomic mass is 10.3. The summed E-state index contributed by atoms with van der Waals surface area (Å²) in [6.45, 7) is 7.74. The minimum atomic E-state index is 0.255. The summed E-state index contributed by atoms with van der Waals surface area (Å²) in [6, 6.07) is 4.46. The van der Waals surface area contributed by atoms with Gasteiger partial charge in [-0.15, -0.1) is 22.7 Å². The quantitative estimate of drug-likeness (QED) is 0.658. The molecule has 0 fully saturated rings. The maximum atomic E-state index is 4.59. The molecule has 2 N–H and O–H groups in total. The van der Waals surface area contributed by atoms with Crippen LogP contribution < -0.4 is 10.6 Å². The molecular weight excluding hydrogens is 288 g/mol. The molecule has 0 bridgehead atoms. The lowest BCUT2D eigenvalue weighted by Crippen LogP contribution is -2.38. The number of hydrogen-bond acceptors (Lipinski definition) is 4. The molecule has 0 amide bonds. The van der Waals surface area contributed by atoms with Crippen molar-refractivity contribution < 1.29 is 0 Å². The normalized spacial score (nSPS) is 13.2. The monoisotopic (exact) mass is 308 g/mol. The van der Waals surface area contributed by atoms with Gasteiger partial charge >= 0.3 is 0 Å². The molecule has 0 aliphatic heterocycles. The van der Waals surface area contributed by atoms with E-state index in [1.807, 2.05) is 6.20 Å². The van der Waals surface area contributed by atoms with E-state index >= 15 is 0 Å². The Labute approximate surface area is 128 Å². The van der Waals surface area contributed by atoms with Crippen molar-refractivity contribution in [2.45, 2.75) is 33.4 Å². The predicted octanol–water partition coefficient (Wildman–Crippen LogP) is 3.33. The van der Waals surface area contributed by atoms with Crippen molar-refractivity contribution in [3.05, 3.63) is 38.5 Å². The fourth-order valence-electron chi connectivity index (χ4n) is 1.76. The molecule has 0 spiro atoms. The fourth-order valence-corrected chi connectivity index (χ4v) is 3.20. The van der Waals surface area contributed by atoms with Gasteiger partial charge in [0.1, 0.15) is 5.01 Å². The zero-order valence-corrected chi connectivity index (χ0v) is 13.6. The van der Waals surface area contributed by atoms with Gasteiger partial charge < -0.3 is 10.6 Å². The Hall–Kier alpha value is -1.40. The van der Waals surface area contributed by atoms with Gasteiger partial charge in [0.05, 0.1) is 12.6 Å². The molecule has 0 aliphatic rings. The first-order valence-electron chi connectivity index (χ1n) is 6.68. The van der Waals surface area contributed by atoms with E-state index in [1.165, 1.54) is 9.75 Å². The van der Waals surface area contributed by atoms with Crippen molar-refractivity contribution in [2.24, 2.45) is 4.99 Å². The van der Waals surface area contributed by atoms with Crippen LogP contribution in [0.1, 0.15) is 34.7 Å². The van der Waals surface area contributed by atoms with Gasteiger partial charge in [-0.2, -0.15) is 0 Å². The highest BCUT2D eigenvalue weighted by atomic mass is 32.1. The molecule has 0 saturated heterocycles. The van der Waals surface area contributed by atoms with Crippen molar-refractivity contribution in [1.29, 1.82) is 0 Å². The van der Waals surface area contributed by atoms with Gasteiger partial charge in [-0.25, -0.2) is 9.98 Å². The van der Waals surface area contributed by atoms with Crippen LogP contribution in [-0.4, -0.2) is 17.5 Å². The standard InChI is InChI=1S/C14H20N4S2/c1-4-15-14(17-9-13-16-8-10(2)20-13)18-11(3)12-6-5-7-19-12/h5-8,11H,4,9H2,1-3H3,(H2,15,17,18). The summed E-state index contributed by atoms with van der Waals surface area (Å²) in [5, 5.41) is 9.83. The molecule has 2 heterocycles. The number of hydrogen-bond donors (Lipinski definition) is 2. The highest BCUT2D eigenvalue weighted by Crippen LogP contribution is 2.18. The molecule has 1 atom stereocenters. The van der Waals surface area contributed by atoms with Gasteiger partial charge in [-0.1, -0.05) is 6.07 Å². The summed E-state index contributed by atoms with van der Waals surface area (Å²) in [7, 11) is 0. The average Bonchev–Trinajstić information content (AvgIpc) is 3.07. The van der Waals surface area contributed by atoms with Crippen LogP contribution in [0, 0.1) is 6.92 Å². The molecule has 0 aromatic carbocycles. The molecule has 108 valence electrons. The van der Waals surface area contributed by atoms with Gasteiger partial charge in [0, 0.05) is 22.5 Å². The summed E-state index contributed by atoms with van der Waals surface area (Å²) in [5.74, 6) is 0.834. The summed E-state index contributed by atoms with van der Waals surface area (Å²) in [6.07, 6.45) is 1.89. The summed E-state index contributed by atoms with van der Waals surface area (Å²) >= 11 is 3.45. The minimum absolute atomic E-state index is 0.255. The van der Waals surface area contributed by atoms with Gasteiger partial charge in [0.2, 0.25) is 0 Å². The van der Waals surface area contributed by atoms with Crippen molar-refractivity contribution in [3.8, 4) is 0 Å². The molecule has 0 aliphatic carbocycles. The van der Waals surface area contributed by atoms with Crippen molar-refractivity contribution in [3.63, 3.8) is 0 Å². The van der Waals surface area contributed by atoms with Crippen LogP contribution in [0.25, 0.3) is 0 Å². The van der Waals surface area contributed by atoms with Gasteiger partial charge in [0.15, 0.2) is 5.96 Å². The molecular formula is C14H20N4S2. The maximum Gasteiger partial charge on any atom is 0.192 e. The third kappa shape index (κ3) is 4.31. The van der Waals surface area contributed by atoms with Crippen LogP contribution in [0.4, 0.5) is 0 Å². The highest BCUT2D eigenvalue weighted by Gasteiger charge is 2.08. The van der Waals surface area contributed by atoms with Crippen LogP contribution in [0.3, 0.4) is 0 Å². The summed E-state index contributed by atoms with van der Waals surface area (Å²) in [5.41, 5.74) is 0. The maximum absolute atomic E-state index is 4.59. The zero-order chi connectivity index (χ0) is 14.4. The smallest absolute Gasteiger partial charge is 0.192 e. The van der Waals surface area contributed by atoms with E-state index in [-0.39, 0.29) is 6.04 Å². The van der Waals surface area contributed by atoms with E-state index in [0.717, 1.165) is 17.5 Å². The van der Waals surface area contributed by atoms with Crippen LogP contribution in [0.5, 0.6) is 0 Å². The Morgan fingerprint density at radius 3 is 2.95 bits per heavy atom. The van der Waals surface area contributed by atoms with Crippen LogP contribution in [-0.2, 0) is 6.54 Å². The first kappa shape index (κ1) is 15.0. The topological polar surface area (TPSA) is 49.3 Å². The summed E-state index contributed by atoms with van der Waals surface area (Å²) < 4.78 is 0. The highest BCUT2D eigenvalue weighted by molar-refractivity contribution is 7.11. The molecule has 4 nitrogen and oxygen atoms in total. The van der Waals surface area contributed by atoms with Crippen molar-refractivity contribution >= 4 is 28.6 Å². The number of aromatic nitrogens is 1. The Kier molecular flexibility index (Phi) is 5.55. The predicted molar refractivity (Wildman–Crippen MR) is 87.5 cm³/mol. The van der Waals surface area contributed by atoms with E-state index in [4.69, 9.17) is 0 Å². The molecule has 1 unspecified atom stereocenters. The second kappa shape index (κ2) is 7.40. The Morgan fingerprint density at radius 1 is 1.50 bits per heavy atom. The van der Waals surface area contributed by atoms with Crippen molar-refractivity contribution in [2.75, 3.05) is 6.54 Å². The van der Waals surface area contributed by atoms with E-state index in [0.29, 0.717) is 6.54 Å². The average molecular weight is 308 g/mol. The number of nitrogens with zero attached hydrogens (tertiary/aromatic N) is 2. The fraction of sp³-hybridized carbons (Fsp3) is 0.429. The number of rotatable bonds is 5. The first-order valence-corrected chi connectivity index (χ1v) is 8.38. The van der Waals surface area contributed by atoms with E-state index in [2.05, 4.69) is 58.9 Å². The number of thiazole rings is 1. The number of nitrogens with one attached hydrogen (secondary N) is 2. The molecule has 20 heavy (non-hydrogen) atoms. The third-order valence-corrected chi connectivity index (χ3v) is 4.66. The van der Waals surface area contributed by atoms with Gasteiger partial charge in [0.25, 0.3) is 0 Å². The second-order valence-electron chi connectivity index (χ2n) is 4.44. The van der Waals surface area contributed by atoms with E-state index < -0.39 is 0 Å². The van der Waals surface area contributed by atoms with Crippen LogP contribution in [0.2, 0.25) is 0 Å². The number of aliphatic imine (C=N–C) groups is 1. The van der Waals surface area contributed by atoms with E-state index in [1.54, 1.807) is 22.7 Å². The van der Waals surface area contributed by atoms with Gasteiger partial charge in [-0.05, 0) is 32.2 Å². The summed E-state index contributed by atoms with van der Waals surface area (Å²) in [4.78, 5) is 11.5. The minimum Gasteiger partial charge on any atom is -0.357 e. The molecule has 2 aromatic heterocycles. The largest absolute Gasteiger partial charge is 0.357 e. The van der Waals surface area contributed by atoms with Crippen molar-refractivity contribution in [1.82, 2.24) is 15.6 Å². The lowest BCUT2D eigenvalue weighted by Gasteiger charge is -2.16. The molecule has 6 heteroatoms. The number of thiophene rings is 1. The Morgan fingerprint density at radius 2 is 2.35 bits per heavy atom. The number of aryl methyl sites for hydroxylation is 1. The Bertz CT molecular complexity index is 545. The van der Waals surface area contributed by atoms with Gasteiger partial charge in [-0.3, -0.25) is 0 Å². The van der Waals surface area contributed by atoms with E-state index in [9.17, 15) is 0 Å². The lowest BCUT2D eigenvalue weighted by molar-refractivity contribution is 0.697. The second-order valence-corrected chi connectivity index (χ2v) is 6.74. The molecule has 2 aromatic rings. The molecule has 0 radical (unpaired) electrons.